The zero-order chi connectivity index (χ0) is 20.1. The van der Waals surface area contributed by atoms with Crippen LogP contribution in [0.5, 0.6) is 5.75 Å². The molecule has 0 aliphatic heterocycles. The van der Waals surface area contributed by atoms with Crippen LogP contribution in [0.4, 0.5) is 5.69 Å². The Labute approximate surface area is 161 Å². The molecule has 2 aromatic rings. The summed E-state index contributed by atoms with van der Waals surface area (Å²) in [7, 11) is -2.31. The lowest BCUT2D eigenvalue weighted by atomic mass is 9.92. The van der Waals surface area contributed by atoms with Gasteiger partial charge in [0.1, 0.15) is 5.75 Å². The molecule has 7 heteroatoms. The van der Waals surface area contributed by atoms with Gasteiger partial charge in [0.2, 0.25) is 0 Å². The first-order valence-electron chi connectivity index (χ1n) is 8.66. The van der Waals surface area contributed by atoms with E-state index in [1.807, 2.05) is 0 Å². The number of ether oxygens (including phenoxy) is 1. The highest BCUT2D eigenvalue weighted by atomic mass is 32.2. The lowest BCUT2D eigenvalue weighted by Gasteiger charge is -2.18. The largest absolute Gasteiger partial charge is 0.495 e. The summed E-state index contributed by atoms with van der Waals surface area (Å²) < 4.78 is 32.8. The molecular formula is C20H26N2O4S. The van der Waals surface area contributed by atoms with Gasteiger partial charge in [-0.25, -0.2) is 8.42 Å². The van der Waals surface area contributed by atoms with E-state index in [1.165, 1.54) is 31.4 Å². The number of hydrogen-bond donors (Lipinski definition) is 2. The summed E-state index contributed by atoms with van der Waals surface area (Å²) in [5, 5.41) is 2.85. The van der Waals surface area contributed by atoms with Gasteiger partial charge in [0.25, 0.3) is 15.9 Å². The number of para-hydroxylation sites is 2. The summed E-state index contributed by atoms with van der Waals surface area (Å²) in [6, 6.07) is 12.6. The Hall–Kier alpha value is -2.54. The van der Waals surface area contributed by atoms with Gasteiger partial charge in [0.15, 0.2) is 0 Å². The zero-order valence-electron chi connectivity index (χ0n) is 16.1. The molecule has 0 fully saturated rings. The molecule has 0 aliphatic rings. The van der Waals surface area contributed by atoms with Crippen molar-refractivity contribution >= 4 is 21.6 Å². The van der Waals surface area contributed by atoms with Gasteiger partial charge in [-0.2, -0.15) is 0 Å². The third kappa shape index (κ3) is 5.99. The van der Waals surface area contributed by atoms with E-state index in [2.05, 4.69) is 30.8 Å². The van der Waals surface area contributed by atoms with Gasteiger partial charge in [-0.3, -0.25) is 9.52 Å². The number of amides is 1. The Morgan fingerprint density at radius 3 is 2.26 bits per heavy atom. The van der Waals surface area contributed by atoms with E-state index < -0.39 is 10.0 Å². The van der Waals surface area contributed by atoms with E-state index >= 15 is 0 Å². The molecule has 0 saturated carbocycles. The van der Waals surface area contributed by atoms with Crippen molar-refractivity contribution in [3.63, 3.8) is 0 Å². The molecule has 0 spiro atoms. The predicted octanol–water partition coefficient (Wildman–Crippen LogP) is 3.66. The summed E-state index contributed by atoms with van der Waals surface area (Å²) in [6.45, 7) is 6.88. The van der Waals surface area contributed by atoms with Crippen molar-refractivity contribution in [3.8, 4) is 5.75 Å². The van der Waals surface area contributed by atoms with Crippen LogP contribution in [0.2, 0.25) is 0 Å². The average Bonchev–Trinajstić information content (AvgIpc) is 2.61. The highest BCUT2D eigenvalue weighted by Crippen LogP contribution is 2.26. The molecule has 0 radical (unpaired) electrons. The molecular weight excluding hydrogens is 364 g/mol. The third-order valence-electron chi connectivity index (χ3n) is 3.94. The molecule has 6 nitrogen and oxygen atoms in total. The maximum absolute atomic E-state index is 12.6. The summed E-state index contributed by atoms with van der Waals surface area (Å²) >= 11 is 0. The minimum atomic E-state index is -3.79. The number of rotatable bonds is 7. The number of anilines is 1. The van der Waals surface area contributed by atoms with Crippen LogP contribution < -0.4 is 14.8 Å². The van der Waals surface area contributed by atoms with E-state index in [9.17, 15) is 13.2 Å². The average molecular weight is 391 g/mol. The van der Waals surface area contributed by atoms with Gasteiger partial charge in [-0.1, -0.05) is 32.9 Å². The standard InChI is InChI=1S/C20H26N2O4S/c1-20(2,3)13-14-21-19(23)15-9-11-16(12-10-15)27(24,25)22-17-7-5-6-8-18(17)26-4/h5-12,22H,13-14H2,1-4H3,(H,21,23). The van der Waals surface area contributed by atoms with Crippen molar-refractivity contribution in [2.45, 2.75) is 32.1 Å². The molecule has 0 unspecified atom stereocenters. The second-order valence-corrected chi connectivity index (χ2v) is 9.08. The Balaban J connectivity index is 2.08. The highest BCUT2D eigenvalue weighted by Gasteiger charge is 2.17. The van der Waals surface area contributed by atoms with Crippen molar-refractivity contribution in [3.05, 3.63) is 54.1 Å². The first-order chi connectivity index (χ1) is 12.6. The van der Waals surface area contributed by atoms with Crippen molar-refractivity contribution in [2.24, 2.45) is 5.41 Å². The lowest BCUT2D eigenvalue weighted by molar-refractivity contribution is 0.0949. The maximum atomic E-state index is 12.6. The smallest absolute Gasteiger partial charge is 0.262 e. The number of benzene rings is 2. The van der Waals surface area contributed by atoms with E-state index in [0.29, 0.717) is 23.5 Å². The maximum Gasteiger partial charge on any atom is 0.262 e. The fourth-order valence-corrected chi connectivity index (χ4v) is 3.44. The number of carbonyl (C=O) groups excluding carboxylic acids is 1. The first-order valence-corrected chi connectivity index (χ1v) is 10.1. The number of methoxy groups -OCH3 is 1. The van der Waals surface area contributed by atoms with Crippen molar-refractivity contribution in [1.82, 2.24) is 5.32 Å². The number of hydrogen-bond acceptors (Lipinski definition) is 4. The van der Waals surface area contributed by atoms with Crippen molar-refractivity contribution in [1.29, 1.82) is 0 Å². The Bertz CT molecular complexity index is 885. The minimum Gasteiger partial charge on any atom is -0.495 e. The molecule has 2 aromatic carbocycles. The van der Waals surface area contributed by atoms with Crippen LogP contribution in [0.3, 0.4) is 0 Å². The lowest BCUT2D eigenvalue weighted by Crippen LogP contribution is -2.27. The number of carbonyl (C=O) groups is 1. The quantitative estimate of drug-likeness (QED) is 0.756. The van der Waals surface area contributed by atoms with Gasteiger partial charge in [0.05, 0.1) is 17.7 Å². The molecule has 0 heterocycles. The van der Waals surface area contributed by atoms with Crippen molar-refractivity contribution in [2.75, 3.05) is 18.4 Å². The second-order valence-electron chi connectivity index (χ2n) is 7.40. The molecule has 2 rings (SSSR count). The van der Waals surface area contributed by atoms with Crippen molar-refractivity contribution < 1.29 is 17.9 Å². The van der Waals surface area contributed by atoms with E-state index in [1.54, 1.807) is 24.3 Å². The topological polar surface area (TPSA) is 84.5 Å². The summed E-state index contributed by atoms with van der Waals surface area (Å²) in [5.41, 5.74) is 0.902. The van der Waals surface area contributed by atoms with Gasteiger partial charge in [0, 0.05) is 12.1 Å². The Morgan fingerprint density at radius 1 is 1.04 bits per heavy atom. The number of nitrogens with one attached hydrogen (secondary N) is 2. The normalized spacial score (nSPS) is 11.7. The molecule has 0 bridgehead atoms. The summed E-state index contributed by atoms with van der Waals surface area (Å²) in [4.78, 5) is 12.2. The molecule has 0 saturated heterocycles. The van der Waals surface area contributed by atoms with Crippen LogP contribution in [0.15, 0.2) is 53.4 Å². The number of sulfonamides is 1. The SMILES string of the molecule is COc1ccccc1NS(=O)(=O)c1ccc(C(=O)NCCC(C)(C)C)cc1. The van der Waals surface area contributed by atoms with Gasteiger partial charge < -0.3 is 10.1 Å². The molecule has 0 atom stereocenters. The second kappa shape index (κ2) is 8.43. The van der Waals surface area contributed by atoms with Crippen LogP contribution in [0.1, 0.15) is 37.6 Å². The van der Waals surface area contributed by atoms with Gasteiger partial charge >= 0.3 is 0 Å². The summed E-state index contributed by atoms with van der Waals surface area (Å²) in [6.07, 6.45) is 0.855. The Kier molecular flexibility index (Phi) is 6.49. The molecule has 0 aromatic heterocycles. The van der Waals surface area contributed by atoms with Gasteiger partial charge in [-0.05, 0) is 48.2 Å². The molecule has 2 N–H and O–H groups in total. The third-order valence-corrected chi connectivity index (χ3v) is 5.32. The fourth-order valence-electron chi connectivity index (χ4n) is 2.37. The molecule has 146 valence electrons. The van der Waals surface area contributed by atoms with E-state index in [-0.39, 0.29) is 16.2 Å². The van der Waals surface area contributed by atoms with E-state index in [0.717, 1.165) is 6.42 Å². The first kappa shape index (κ1) is 20.8. The zero-order valence-corrected chi connectivity index (χ0v) is 16.9. The molecule has 0 aliphatic carbocycles. The van der Waals surface area contributed by atoms with E-state index in [4.69, 9.17) is 4.74 Å². The van der Waals surface area contributed by atoms with Crippen LogP contribution in [-0.4, -0.2) is 28.0 Å². The monoisotopic (exact) mass is 390 g/mol. The Morgan fingerprint density at radius 2 is 1.67 bits per heavy atom. The highest BCUT2D eigenvalue weighted by molar-refractivity contribution is 7.92. The van der Waals surface area contributed by atoms with Crippen LogP contribution in [-0.2, 0) is 10.0 Å². The summed E-state index contributed by atoms with van der Waals surface area (Å²) in [5.74, 6) is 0.205. The van der Waals surface area contributed by atoms with Crippen LogP contribution in [0, 0.1) is 5.41 Å². The predicted molar refractivity (Wildman–Crippen MR) is 107 cm³/mol. The fraction of sp³-hybridized carbons (Fsp3) is 0.350. The molecule has 27 heavy (non-hydrogen) atoms. The minimum absolute atomic E-state index is 0.0691. The van der Waals surface area contributed by atoms with Gasteiger partial charge in [-0.15, -0.1) is 0 Å². The molecule has 1 amide bonds. The van der Waals surface area contributed by atoms with Crippen LogP contribution >= 0.6 is 0 Å². The van der Waals surface area contributed by atoms with Crippen LogP contribution in [0.25, 0.3) is 0 Å².